The molecule has 2 amide bonds. The average Bonchev–Trinajstić information content (AvgIpc) is 2.91. The summed E-state index contributed by atoms with van der Waals surface area (Å²) in [5.74, 6) is 11.2. The van der Waals surface area contributed by atoms with E-state index in [1.807, 2.05) is 24.3 Å². The lowest BCUT2D eigenvalue weighted by Crippen LogP contribution is -2.27. The highest BCUT2D eigenvalue weighted by Crippen LogP contribution is 2.09. The van der Waals surface area contributed by atoms with Crippen molar-refractivity contribution >= 4 is 23.6 Å². The van der Waals surface area contributed by atoms with E-state index in [0.717, 1.165) is 11.1 Å². The van der Waals surface area contributed by atoms with E-state index >= 15 is 0 Å². The van der Waals surface area contributed by atoms with Crippen LogP contribution >= 0.6 is 0 Å². The molecular formula is C29H29N5O4. The van der Waals surface area contributed by atoms with Gasteiger partial charge in [0.1, 0.15) is 11.4 Å². The minimum Gasteiger partial charge on any atom is -0.436 e. The predicted octanol–water partition coefficient (Wildman–Crippen LogP) is 3.49. The van der Waals surface area contributed by atoms with Gasteiger partial charge in [0.05, 0.1) is 0 Å². The number of pyridine rings is 1. The second-order valence-corrected chi connectivity index (χ2v) is 8.32. The molecule has 3 aromatic rings. The standard InChI is InChI=1S/C29H29N5O4/c1-33(20-22-10-14-24(30)15-11-22)28(35)37-18-4-8-26-6-3-7-27(32-26)9-5-19-38-29(36)34(2)21-23-12-16-25(31)17-13-23/h3,6-7,10-17H,18-21,30-31H2,1-2H3. The van der Waals surface area contributed by atoms with Crippen molar-refractivity contribution in [1.29, 1.82) is 0 Å². The van der Waals surface area contributed by atoms with E-state index in [9.17, 15) is 9.59 Å². The largest absolute Gasteiger partial charge is 0.436 e. The SMILES string of the molecule is CN(Cc1ccc(N)cc1)C(=O)OCC#Cc1cccc(C#CCOC(=O)N(C)Cc2ccc(N)cc2)n1. The third-order valence-electron chi connectivity index (χ3n) is 5.14. The van der Waals surface area contributed by atoms with Crippen LogP contribution in [0.1, 0.15) is 22.5 Å². The molecule has 0 bridgehead atoms. The van der Waals surface area contributed by atoms with E-state index in [2.05, 4.69) is 28.7 Å². The number of benzene rings is 2. The summed E-state index contributed by atoms with van der Waals surface area (Å²) in [4.78, 5) is 31.5. The first-order valence-corrected chi connectivity index (χ1v) is 11.7. The Kier molecular flexibility index (Phi) is 9.97. The monoisotopic (exact) mass is 511 g/mol. The Morgan fingerprint density at radius 2 is 1.11 bits per heavy atom. The summed E-state index contributed by atoms with van der Waals surface area (Å²) >= 11 is 0. The van der Waals surface area contributed by atoms with Gasteiger partial charge in [0.2, 0.25) is 0 Å². The summed E-state index contributed by atoms with van der Waals surface area (Å²) in [6.45, 7) is 0.622. The minimum atomic E-state index is -0.489. The Balaban J connectivity index is 1.42. The number of aromatic nitrogens is 1. The summed E-state index contributed by atoms with van der Waals surface area (Å²) in [6.07, 6.45) is -0.977. The number of nitrogen functional groups attached to an aromatic ring is 2. The Bertz CT molecular complexity index is 1260. The summed E-state index contributed by atoms with van der Waals surface area (Å²) in [5, 5.41) is 0. The van der Waals surface area contributed by atoms with Crippen LogP contribution in [-0.2, 0) is 22.6 Å². The van der Waals surface area contributed by atoms with Crippen LogP contribution in [0.25, 0.3) is 0 Å². The molecule has 9 nitrogen and oxygen atoms in total. The van der Waals surface area contributed by atoms with Crippen LogP contribution in [0.15, 0.2) is 66.7 Å². The van der Waals surface area contributed by atoms with Crippen molar-refractivity contribution in [2.24, 2.45) is 0 Å². The van der Waals surface area contributed by atoms with Crippen LogP contribution in [0, 0.1) is 23.7 Å². The third-order valence-corrected chi connectivity index (χ3v) is 5.14. The maximum absolute atomic E-state index is 12.2. The Morgan fingerprint density at radius 1 is 0.711 bits per heavy atom. The first-order valence-electron chi connectivity index (χ1n) is 11.7. The van der Waals surface area contributed by atoms with Gasteiger partial charge in [-0.25, -0.2) is 14.6 Å². The van der Waals surface area contributed by atoms with Gasteiger partial charge in [-0.15, -0.1) is 0 Å². The molecule has 0 spiro atoms. The summed E-state index contributed by atoms with van der Waals surface area (Å²) in [7, 11) is 3.29. The maximum Gasteiger partial charge on any atom is 0.410 e. The van der Waals surface area contributed by atoms with Gasteiger partial charge in [0.15, 0.2) is 13.2 Å². The van der Waals surface area contributed by atoms with Gasteiger partial charge in [-0.3, -0.25) is 0 Å². The molecule has 0 radical (unpaired) electrons. The summed E-state index contributed by atoms with van der Waals surface area (Å²) < 4.78 is 10.4. The first-order chi connectivity index (χ1) is 18.3. The molecule has 0 atom stereocenters. The van der Waals surface area contributed by atoms with Crippen molar-refractivity contribution in [1.82, 2.24) is 14.8 Å². The van der Waals surface area contributed by atoms with Gasteiger partial charge in [0, 0.05) is 38.6 Å². The van der Waals surface area contributed by atoms with E-state index in [1.54, 1.807) is 56.6 Å². The Morgan fingerprint density at radius 3 is 1.50 bits per heavy atom. The van der Waals surface area contributed by atoms with E-state index in [-0.39, 0.29) is 13.2 Å². The maximum atomic E-state index is 12.2. The number of carbonyl (C=O) groups is 2. The molecule has 1 aromatic heterocycles. The number of hydrogen-bond acceptors (Lipinski definition) is 7. The molecule has 0 saturated carbocycles. The molecule has 0 fully saturated rings. The lowest BCUT2D eigenvalue weighted by Gasteiger charge is -2.16. The molecule has 4 N–H and O–H groups in total. The summed E-state index contributed by atoms with van der Waals surface area (Å²) in [6, 6.07) is 19.7. The number of anilines is 2. The van der Waals surface area contributed by atoms with Crippen molar-refractivity contribution in [3.8, 4) is 23.7 Å². The summed E-state index contributed by atoms with van der Waals surface area (Å²) in [5.41, 5.74) is 15.5. The zero-order chi connectivity index (χ0) is 27.3. The van der Waals surface area contributed by atoms with Crippen LogP contribution in [0.2, 0.25) is 0 Å². The number of amides is 2. The van der Waals surface area contributed by atoms with E-state index in [4.69, 9.17) is 20.9 Å². The third kappa shape index (κ3) is 9.14. The van der Waals surface area contributed by atoms with Gasteiger partial charge in [-0.2, -0.15) is 0 Å². The Hall–Kier alpha value is -5.15. The smallest absolute Gasteiger partial charge is 0.410 e. The average molecular weight is 512 g/mol. The molecule has 3 rings (SSSR count). The van der Waals surface area contributed by atoms with E-state index in [0.29, 0.717) is 35.9 Å². The number of rotatable bonds is 6. The molecular weight excluding hydrogens is 482 g/mol. The first kappa shape index (κ1) is 27.4. The molecule has 38 heavy (non-hydrogen) atoms. The fourth-order valence-corrected chi connectivity index (χ4v) is 3.17. The van der Waals surface area contributed by atoms with Gasteiger partial charge < -0.3 is 30.7 Å². The van der Waals surface area contributed by atoms with Crippen LogP contribution in [0.5, 0.6) is 0 Å². The van der Waals surface area contributed by atoms with Crippen LogP contribution in [-0.4, -0.2) is 54.3 Å². The molecule has 2 aromatic carbocycles. The van der Waals surface area contributed by atoms with E-state index in [1.165, 1.54) is 9.80 Å². The second-order valence-electron chi connectivity index (χ2n) is 8.32. The van der Waals surface area contributed by atoms with Gasteiger partial charge in [-0.1, -0.05) is 42.2 Å². The highest BCUT2D eigenvalue weighted by molar-refractivity contribution is 5.68. The second kappa shape index (κ2) is 13.8. The molecule has 0 saturated heterocycles. The molecule has 1 heterocycles. The number of ether oxygens (including phenoxy) is 2. The lowest BCUT2D eigenvalue weighted by atomic mass is 10.2. The molecule has 0 aliphatic rings. The number of carbonyl (C=O) groups excluding carboxylic acids is 2. The lowest BCUT2D eigenvalue weighted by molar-refractivity contribution is 0.120. The van der Waals surface area contributed by atoms with Gasteiger partial charge in [-0.05, 0) is 59.4 Å². The van der Waals surface area contributed by atoms with E-state index < -0.39 is 12.2 Å². The van der Waals surface area contributed by atoms with Crippen LogP contribution in [0.4, 0.5) is 21.0 Å². The predicted molar refractivity (Wildman–Crippen MR) is 145 cm³/mol. The fraction of sp³-hybridized carbons (Fsp3) is 0.207. The zero-order valence-corrected chi connectivity index (χ0v) is 21.3. The highest BCUT2D eigenvalue weighted by atomic mass is 16.6. The van der Waals surface area contributed by atoms with Crippen molar-refractivity contribution in [3.05, 3.63) is 89.2 Å². The van der Waals surface area contributed by atoms with Crippen molar-refractivity contribution < 1.29 is 19.1 Å². The molecule has 0 aliphatic carbocycles. The topological polar surface area (TPSA) is 124 Å². The van der Waals surface area contributed by atoms with Gasteiger partial charge in [0.25, 0.3) is 0 Å². The normalized spacial score (nSPS) is 9.74. The number of hydrogen-bond donors (Lipinski definition) is 2. The molecule has 9 heteroatoms. The number of nitrogens with zero attached hydrogens (tertiary/aromatic N) is 3. The highest BCUT2D eigenvalue weighted by Gasteiger charge is 2.10. The van der Waals surface area contributed by atoms with Crippen LogP contribution < -0.4 is 11.5 Å². The Labute approximate surface area is 222 Å². The molecule has 194 valence electrons. The van der Waals surface area contributed by atoms with Crippen molar-refractivity contribution in [2.45, 2.75) is 13.1 Å². The molecule has 0 unspecified atom stereocenters. The number of nitrogens with two attached hydrogens (primary N) is 2. The molecule has 0 aliphatic heterocycles. The van der Waals surface area contributed by atoms with Crippen LogP contribution in [0.3, 0.4) is 0 Å². The van der Waals surface area contributed by atoms with Gasteiger partial charge >= 0.3 is 12.2 Å². The fourth-order valence-electron chi connectivity index (χ4n) is 3.17. The minimum absolute atomic E-state index is 0.0810. The quantitative estimate of drug-likeness (QED) is 0.383. The van der Waals surface area contributed by atoms with Crippen molar-refractivity contribution in [3.63, 3.8) is 0 Å². The zero-order valence-electron chi connectivity index (χ0n) is 21.3. The van der Waals surface area contributed by atoms with Crippen molar-refractivity contribution in [2.75, 3.05) is 38.8 Å².